The third-order valence-corrected chi connectivity index (χ3v) is 3.11. The standard InChI is InChI=1S/C12H15NO3/c13-7-10(11(14)15)8-1-3-9(4-2-8)12(16)5-6-12/h1-4,10,16H,5-7,13H2,(H,14,15). The summed E-state index contributed by atoms with van der Waals surface area (Å²) < 4.78 is 0. The van der Waals surface area contributed by atoms with Gasteiger partial charge in [0.25, 0.3) is 0 Å². The number of aliphatic carboxylic acids is 1. The molecule has 1 unspecified atom stereocenters. The molecule has 2 rings (SSSR count). The first-order chi connectivity index (χ1) is 7.57. The van der Waals surface area contributed by atoms with Crippen LogP contribution in [0.2, 0.25) is 0 Å². The maximum absolute atomic E-state index is 10.9. The van der Waals surface area contributed by atoms with Crippen LogP contribution < -0.4 is 5.73 Å². The van der Waals surface area contributed by atoms with Gasteiger partial charge >= 0.3 is 5.97 Å². The monoisotopic (exact) mass is 221 g/mol. The predicted octanol–water partition coefficient (Wildman–Crippen LogP) is 0.795. The number of nitrogens with two attached hydrogens (primary N) is 1. The van der Waals surface area contributed by atoms with Crippen molar-refractivity contribution in [3.63, 3.8) is 0 Å². The number of carboxylic acids is 1. The SMILES string of the molecule is NCC(C(=O)O)c1ccc(C2(O)CC2)cc1. The molecule has 1 atom stereocenters. The van der Waals surface area contributed by atoms with Gasteiger partial charge in [-0.2, -0.15) is 0 Å². The molecule has 0 aromatic heterocycles. The van der Waals surface area contributed by atoms with E-state index in [1.807, 2.05) is 0 Å². The Morgan fingerprint density at radius 2 is 1.94 bits per heavy atom. The number of hydrogen-bond acceptors (Lipinski definition) is 3. The van der Waals surface area contributed by atoms with Gasteiger partial charge < -0.3 is 15.9 Å². The summed E-state index contributed by atoms with van der Waals surface area (Å²) in [7, 11) is 0. The Morgan fingerprint density at radius 1 is 1.38 bits per heavy atom. The summed E-state index contributed by atoms with van der Waals surface area (Å²) in [4.78, 5) is 10.9. The average molecular weight is 221 g/mol. The Bertz CT molecular complexity index is 395. The molecule has 0 bridgehead atoms. The highest BCUT2D eigenvalue weighted by atomic mass is 16.4. The van der Waals surface area contributed by atoms with Crippen molar-refractivity contribution in [3.05, 3.63) is 35.4 Å². The number of benzene rings is 1. The van der Waals surface area contributed by atoms with E-state index in [1.54, 1.807) is 24.3 Å². The predicted molar refractivity (Wildman–Crippen MR) is 59.0 cm³/mol. The van der Waals surface area contributed by atoms with Crippen molar-refractivity contribution >= 4 is 5.97 Å². The maximum atomic E-state index is 10.9. The lowest BCUT2D eigenvalue weighted by Gasteiger charge is -2.12. The van der Waals surface area contributed by atoms with E-state index in [4.69, 9.17) is 10.8 Å². The van der Waals surface area contributed by atoms with Gasteiger partial charge in [-0.25, -0.2) is 0 Å². The molecular formula is C12H15NO3. The first-order valence-corrected chi connectivity index (χ1v) is 5.32. The number of rotatable bonds is 4. The molecule has 16 heavy (non-hydrogen) atoms. The molecule has 0 spiro atoms. The van der Waals surface area contributed by atoms with Gasteiger partial charge in [0.05, 0.1) is 11.5 Å². The largest absolute Gasteiger partial charge is 0.481 e. The minimum atomic E-state index is -0.916. The average Bonchev–Trinajstić information content (AvgIpc) is 2.99. The molecular weight excluding hydrogens is 206 g/mol. The number of hydrogen-bond donors (Lipinski definition) is 3. The van der Waals surface area contributed by atoms with Crippen LogP contribution in [0.5, 0.6) is 0 Å². The van der Waals surface area contributed by atoms with Gasteiger partial charge in [-0.05, 0) is 24.0 Å². The molecule has 4 heteroatoms. The summed E-state index contributed by atoms with van der Waals surface area (Å²) in [6, 6.07) is 7.04. The fourth-order valence-corrected chi connectivity index (χ4v) is 1.81. The zero-order chi connectivity index (χ0) is 11.8. The van der Waals surface area contributed by atoms with E-state index in [0.29, 0.717) is 5.56 Å². The van der Waals surface area contributed by atoms with Gasteiger partial charge in [0.1, 0.15) is 0 Å². The topological polar surface area (TPSA) is 83.6 Å². The van der Waals surface area contributed by atoms with Crippen molar-refractivity contribution < 1.29 is 15.0 Å². The van der Waals surface area contributed by atoms with E-state index >= 15 is 0 Å². The molecule has 1 aromatic carbocycles. The van der Waals surface area contributed by atoms with Gasteiger partial charge in [0, 0.05) is 6.54 Å². The highest BCUT2D eigenvalue weighted by Gasteiger charge is 2.41. The Labute approximate surface area is 93.7 Å². The quantitative estimate of drug-likeness (QED) is 0.702. The second-order valence-electron chi connectivity index (χ2n) is 4.28. The first kappa shape index (κ1) is 11.1. The molecule has 1 saturated carbocycles. The summed E-state index contributed by atoms with van der Waals surface area (Å²) in [5.41, 5.74) is 6.29. The number of carbonyl (C=O) groups is 1. The molecule has 4 nitrogen and oxygen atoms in total. The highest BCUT2D eigenvalue weighted by Crippen LogP contribution is 2.45. The van der Waals surface area contributed by atoms with Crippen LogP contribution in [0, 0.1) is 0 Å². The normalized spacial score (nSPS) is 19.1. The fourth-order valence-electron chi connectivity index (χ4n) is 1.81. The highest BCUT2D eigenvalue weighted by molar-refractivity contribution is 5.76. The summed E-state index contributed by atoms with van der Waals surface area (Å²) in [6.45, 7) is 0.0823. The summed E-state index contributed by atoms with van der Waals surface area (Å²) in [5, 5.41) is 18.8. The minimum absolute atomic E-state index is 0.0823. The van der Waals surface area contributed by atoms with Crippen LogP contribution in [0.4, 0.5) is 0 Å². The Hall–Kier alpha value is -1.39. The fraction of sp³-hybridized carbons (Fsp3) is 0.417. The molecule has 1 aliphatic carbocycles. The van der Waals surface area contributed by atoms with Gasteiger partial charge in [0.2, 0.25) is 0 Å². The number of carboxylic acid groups (broad SMARTS) is 1. The van der Waals surface area contributed by atoms with Gasteiger partial charge in [-0.1, -0.05) is 24.3 Å². The van der Waals surface area contributed by atoms with Crippen LogP contribution in [0.25, 0.3) is 0 Å². The van der Waals surface area contributed by atoms with Crippen LogP contribution in [-0.2, 0) is 10.4 Å². The molecule has 0 amide bonds. The Kier molecular flexibility index (Phi) is 2.69. The van der Waals surface area contributed by atoms with Crippen molar-refractivity contribution in [1.82, 2.24) is 0 Å². The first-order valence-electron chi connectivity index (χ1n) is 5.32. The lowest BCUT2D eigenvalue weighted by molar-refractivity contribution is -0.138. The van der Waals surface area contributed by atoms with Crippen LogP contribution in [-0.4, -0.2) is 22.7 Å². The molecule has 4 N–H and O–H groups in total. The van der Waals surface area contributed by atoms with Crippen molar-refractivity contribution in [2.24, 2.45) is 5.73 Å². The maximum Gasteiger partial charge on any atom is 0.312 e. The third kappa shape index (κ3) is 1.94. The molecule has 0 heterocycles. The van der Waals surface area contributed by atoms with Crippen LogP contribution in [0.1, 0.15) is 29.9 Å². The van der Waals surface area contributed by atoms with Crippen molar-refractivity contribution in [2.45, 2.75) is 24.4 Å². The van der Waals surface area contributed by atoms with E-state index in [1.165, 1.54) is 0 Å². The third-order valence-electron chi connectivity index (χ3n) is 3.11. The molecule has 0 radical (unpaired) electrons. The Balaban J connectivity index is 2.21. The van der Waals surface area contributed by atoms with Gasteiger partial charge in [-0.15, -0.1) is 0 Å². The van der Waals surface area contributed by atoms with Crippen molar-refractivity contribution in [1.29, 1.82) is 0 Å². The van der Waals surface area contributed by atoms with Crippen LogP contribution >= 0.6 is 0 Å². The minimum Gasteiger partial charge on any atom is -0.481 e. The summed E-state index contributed by atoms with van der Waals surface area (Å²) >= 11 is 0. The van der Waals surface area contributed by atoms with E-state index in [0.717, 1.165) is 18.4 Å². The smallest absolute Gasteiger partial charge is 0.312 e. The Morgan fingerprint density at radius 3 is 2.31 bits per heavy atom. The van der Waals surface area contributed by atoms with E-state index in [9.17, 15) is 9.90 Å². The van der Waals surface area contributed by atoms with Gasteiger partial charge in [0.15, 0.2) is 0 Å². The second kappa shape index (κ2) is 3.88. The van der Waals surface area contributed by atoms with Crippen LogP contribution in [0.15, 0.2) is 24.3 Å². The van der Waals surface area contributed by atoms with Gasteiger partial charge in [-0.3, -0.25) is 4.79 Å². The van der Waals surface area contributed by atoms with Crippen molar-refractivity contribution in [2.75, 3.05) is 6.54 Å². The molecule has 1 aliphatic rings. The summed E-state index contributed by atoms with van der Waals surface area (Å²) in [6.07, 6.45) is 1.57. The van der Waals surface area contributed by atoms with Crippen LogP contribution in [0.3, 0.4) is 0 Å². The zero-order valence-electron chi connectivity index (χ0n) is 8.89. The molecule has 1 aromatic rings. The molecule has 1 fully saturated rings. The lowest BCUT2D eigenvalue weighted by Crippen LogP contribution is -2.21. The number of aliphatic hydroxyl groups is 1. The molecule has 86 valence electrons. The van der Waals surface area contributed by atoms with E-state index in [-0.39, 0.29) is 6.54 Å². The molecule has 0 saturated heterocycles. The summed E-state index contributed by atoms with van der Waals surface area (Å²) in [5.74, 6) is -1.58. The zero-order valence-corrected chi connectivity index (χ0v) is 8.89. The van der Waals surface area contributed by atoms with Crippen molar-refractivity contribution in [3.8, 4) is 0 Å². The van der Waals surface area contributed by atoms with E-state index in [2.05, 4.69) is 0 Å². The second-order valence-corrected chi connectivity index (χ2v) is 4.28. The van der Waals surface area contributed by atoms with E-state index < -0.39 is 17.5 Å². The lowest BCUT2D eigenvalue weighted by atomic mass is 9.96. The molecule has 0 aliphatic heterocycles.